The monoisotopic (exact) mass is 548 g/mol. The molecule has 4 unspecified atom stereocenters. The molecule has 2 fully saturated rings. The van der Waals surface area contributed by atoms with Crippen molar-refractivity contribution < 1.29 is 17.9 Å². The normalized spacial score (nSPS) is 22.6. The third kappa shape index (κ3) is 7.11. The molecular weight excluding hydrogens is 505 g/mol. The predicted molar refractivity (Wildman–Crippen MR) is 157 cm³/mol. The first-order valence-electron chi connectivity index (χ1n) is 15.5. The van der Waals surface area contributed by atoms with Crippen molar-refractivity contribution in [3.05, 3.63) is 89.2 Å². The van der Waals surface area contributed by atoms with E-state index in [0.717, 1.165) is 53.9 Å². The summed E-state index contributed by atoms with van der Waals surface area (Å²) in [4.78, 5) is 0. The molecule has 3 aromatic carbocycles. The molecular formula is C36H43F3O. The summed E-state index contributed by atoms with van der Waals surface area (Å²) in [6.45, 7) is 2.32. The number of benzene rings is 3. The van der Waals surface area contributed by atoms with Crippen molar-refractivity contribution in [3.8, 4) is 16.9 Å². The molecule has 5 rings (SSSR count). The number of ether oxygens (including phenoxy) is 1. The SMILES string of the molecule is CCCCCCCC1CCC2CC(c3ccc(-c4cc(F)c(OCc5ccccc5)c(F)c4)c(F)c3)CCC2C1. The molecule has 1 nitrogen and oxygen atoms in total. The molecule has 214 valence electrons. The minimum atomic E-state index is -0.829. The van der Waals surface area contributed by atoms with Gasteiger partial charge in [-0.3, -0.25) is 0 Å². The molecule has 2 saturated carbocycles. The Labute approximate surface area is 238 Å². The minimum absolute atomic E-state index is 0.0556. The van der Waals surface area contributed by atoms with Gasteiger partial charge in [0.25, 0.3) is 0 Å². The third-order valence-corrected chi connectivity index (χ3v) is 9.44. The van der Waals surface area contributed by atoms with Crippen molar-refractivity contribution in [3.63, 3.8) is 0 Å². The van der Waals surface area contributed by atoms with E-state index in [0.29, 0.717) is 5.92 Å². The molecule has 0 bridgehead atoms. The van der Waals surface area contributed by atoms with Crippen molar-refractivity contribution in [1.82, 2.24) is 0 Å². The second-order valence-electron chi connectivity index (χ2n) is 12.2. The van der Waals surface area contributed by atoms with Crippen LogP contribution in [0.2, 0.25) is 0 Å². The summed E-state index contributed by atoms with van der Waals surface area (Å²) in [6, 6.07) is 16.8. The smallest absolute Gasteiger partial charge is 0.191 e. The van der Waals surface area contributed by atoms with Crippen LogP contribution in [0.15, 0.2) is 60.7 Å². The summed E-state index contributed by atoms with van der Waals surface area (Å²) in [6.07, 6.45) is 15.7. The van der Waals surface area contributed by atoms with Crippen LogP contribution in [0.5, 0.6) is 5.75 Å². The zero-order valence-corrected chi connectivity index (χ0v) is 23.8. The fraction of sp³-hybridized carbons (Fsp3) is 0.500. The molecule has 40 heavy (non-hydrogen) atoms. The highest BCUT2D eigenvalue weighted by molar-refractivity contribution is 5.66. The molecule has 3 aromatic rings. The van der Waals surface area contributed by atoms with E-state index in [9.17, 15) is 8.78 Å². The van der Waals surface area contributed by atoms with Crippen LogP contribution in [0.1, 0.15) is 101 Å². The van der Waals surface area contributed by atoms with Gasteiger partial charge in [-0.05, 0) is 90.7 Å². The first-order chi connectivity index (χ1) is 19.5. The molecule has 0 spiro atoms. The van der Waals surface area contributed by atoms with Crippen LogP contribution in [0.25, 0.3) is 11.1 Å². The van der Waals surface area contributed by atoms with Gasteiger partial charge in [-0.15, -0.1) is 0 Å². The average Bonchev–Trinajstić information content (AvgIpc) is 2.96. The molecule has 2 aliphatic carbocycles. The van der Waals surface area contributed by atoms with Gasteiger partial charge in [0.05, 0.1) is 0 Å². The van der Waals surface area contributed by atoms with E-state index in [-0.39, 0.29) is 17.7 Å². The van der Waals surface area contributed by atoms with Crippen LogP contribution in [0.4, 0.5) is 13.2 Å². The zero-order chi connectivity index (χ0) is 27.9. The highest BCUT2D eigenvalue weighted by Crippen LogP contribution is 2.48. The van der Waals surface area contributed by atoms with Gasteiger partial charge in [0.2, 0.25) is 0 Å². The van der Waals surface area contributed by atoms with E-state index in [4.69, 9.17) is 4.74 Å². The van der Waals surface area contributed by atoms with Gasteiger partial charge >= 0.3 is 0 Å². The summed E-state index contributed by atoms with van der Waals surface area (Å²) in [5.41, 5.74) is 2.22. The fourth-order valence-corrected chi connectivity index (χ4v) is 7.19. The van der Waals surface area contributed by atoms with Crippen LogP contribution < -0.4 is 4.74 Å². The van der Waals surface area contributed by atoms with Crippen molar-refractivity contribution >= 4 is 0 Å². The summed E-state index contributed by atoms with van der Waals surface area (Å²) >= 11 is 0. The lowest BCUT2D eigenvalue weighted by Gasteiger charge is -2.42. The van der Waals surface area contributed by atoms with Gasteiger partial charge in [0, 0.05) is 5.56 Å². The van der Waals surface area contributed by atoms with E-state index in [1.54, 1.807) is 12.1 Å². The van der Waals surface area contributed by atoms with Gasteiger partial charge in [-0.25, -0.2) is 13.2 Å². The maximum Gasteiger partial charge on any atom is 0.191 e. The first kappa shape index (κ1) is 28.8. The van der Waals surface area contributed by atoms with Gasteiger partial charge < -0.3 is 4.74 Å². The lowest BCUT2D eigenvalue weighted by Crippen LogP contribution is -2.30. The Kier molecular flexibility index (Phi) is 9.88. The van der Waals surface area contributed by atoms with Crippen molar-refractivity contribution in [2.24, 2.45) is 17.8 Å². The van der Waals surface area contributed by atoms with E-state index < -0.39 is 23.2 Å². The van der Waals surface area contributed by atoms with Crippen LogP contribution in [-0.2, 0) is 6.61 Å². The standard InChI is InChI=1S/C36H43F3O/c1-2-3-4-5-7-10-25-13-14-28-20-29(16-15-27(28)19-25)30-17-18-32(33(37)21-30)31-22-34(38)36(35(39)23-31)40-24-26-11-8-6-9-12-26/h6,8-9,11-12,17-18,21-23,25,27-29H,2-5,7,10,13-16,19-20,24H2,1H3. The Hall–Kier alpha value is -2.75. The second-order valence-corrected chi connectivity index (χ2v) is 12.2. The number of rotatable bonds is 11. The van der Waals surface area contributed by atoms with E-state index in [1.165, 1.54) is 64.2 Å². The molecule has 0 heterocycles. The van der Waals surface area contributed by atoms with E-state index in [2.05, 4.69) is 6.92 Å². The van der Waals surface area contributed by atoms with Gasteiger partial charge in [0.15, 0.2) is 17.4 Å². The van der Waals surface area contributed by atoms with Crippen molar-refractivity contribution in [2.75, 3.05) is 0 Å². The number of unbranched alkanes of at least 4 members (excludes halogenated alkanes) is 4. The zero-order valence-electron chi connectivity index (χ0n) is 23.8. The van der Waals surface area contributed by atoms with Crippen LogP contribution in [0.3, 0.4) is 0 Å². The number of hydrogen-bond acceptors (Lipinski definition) is 1. The van der Waals surface area contributed by atoms with Crippen LogP contribution >= 0.6 is 0 Å². The maximum absolute atomic E-state index is 15.3. The Balaban J connectivity index is 1.18. The first-order valence-corrected chi connectivity index (χ1v) is 15.5. The molecule has 0 radical (unpaired) electrons. The average molecular weight is 549 g/mol. The van der Waals surface area contributed by atoms with Crippen LogP contribution in [0, 0.1) is 35.2 Å². The van der Waals surface area contributed by atoms with E-state index >= 15 is 4.39 Å². The predicted octanol–water partition coefficient (Wildman–Crippen LogP) is 11.0. The Morgan fingerprint density at radius 1 is 0.725 bits per heavy atom. The number of hydrogen-bond donors (Lipinski definition) is 0. The topological polar surface area (TPSA) is 9.23 Å². The largest absolute Gasteiger partial charge is 0.483 e. The third-order valence-electron chi connectivity index (χ3n) is 9.44. The Bertz CT molecular complexity index is 1220. The van der Waals surface area contributed by atoms with Gasteiger partial charge in [-0.2, -0.15) is 0 Å². The number of halogens is 3. The molecule has 0 aromatic heterocycles. The maximum atomic E-state index is 15.3. The Morgan fingerprint density at radius 3 is 2.20 bits per heavy atom. The molecule has 0 aliphatic heterocycles. The summed E-state index contributed by atoms with van der Waals surface area (Å²) in [7, 11) is 0. The number of fused-ring (bicyclic) bond motifs is 1. The summed E-state index contributed by atoms with van der Waals surface area (Å²) < 4.78 is 50.4. The highest BCUT2D eigenvalue weighted by Gasteiger charge is 2.36. The van der Waals surface area contributed by atoms with Gasteiger partial charge in [-0.1, -0.05) is 94.3 Å². The van der Waals surface area contributed by atoms with Gasteiger partial charge in [0.1, 0.15) is 12.4 Å². The van der Waals surface area contributed by atoms with Crippen LogP contribution in [-0.4, -0.2) is 0 Å². The summed E-state index contributed by atoms with van der Waals surface area (Å²) in [5.74, 6) is 0.293. The molecule has 4 heteroatoms. The molecule has 2 aliphatic rings. The molecule has 4 atom stereocenters. The summed E-state index contributed by atoms with van der Waals surface area (Å²) in [5, 5.41) is 0. The lowest BCUT2D eigenvalue weighted by atomic mass is 9.63. The quantitative estimate of drug-likeness (QED) is 0.217. The fourth-order valence-electron chi connectivity index (χ4n) is 7.19. The van der Waals surface area contributed by atoms with Crippen molar-refractivity contribution in [1.29, 1.82) is 0 Å². The molecule has 0 amide bonds. The molecule has 0 saturated heterocycles. The molecule has 0 N–H and O–H groups in total. The highest BCUT2D eigenvalue weighted by atomic mass is 19.1. The van der Waals surface area contributed by atoms with E-state index in [1.807, 2.05) is 36.4 Å². The minimum Gasteiger partial charge on any atom is -0.483 e. The lowest BCUT2D eigenvalue weighted by molar-refractivity contribution is 0.113. The second kappa shape index (κ2) is 13.7. The Morgan fingerprint density at radius 2 is 1.45 bits per heavy atom. The van der Waals surface area contributed by atoms with Crippen molar-refractivity contribution in [2.45, 2.75) is 96.5 Å².